The zero-order valence-electron chi connectivity index (χ0n) is 9.90. The molecule has 1 aromatic carbocycles. The van der Waals surface area contributed by atoms with E-state index in [-0.39, 0.29) is 0 Å². The van der Waals surface area contributed by atoms with Crippen molar-refractivity contribution in [1.82, 2.24) is 5.32 Å². The third-order valence-electron chi connectivity index (χ3n) is 2.93. The number of ether oxygens (including phenoxy) is 1. The normalized spacial score (nSPS) is 20.8. The summed E-state index contributed by atoms with van der Waals surface area (Å²) in [5.74, 6) is 1.85. The number of rotatable bonds is 5. The molecule has 2 unspecified atom stereocenters. The van der Waals surface area contributed by atoms with E-state index in [1.54, 1.807) is 7.11 Å². The number of methoxy groups -OCH3 is 1. The van der Waals surface area contributed by atoms with Crippen molar-refractivity contribution in [3.63, 3.8) is 0 Å². The van der Waals surface area contributed by atoms with Gasteiger partial charge in [0.05, 0.1) is 6.61 Å². The molecule has 0 aromatic heterocycles. The van der Waals surface area contributed by atoms with Gasteiger partial charge in [-0.05, 0) is 18.6 Å². The van der Waals surface area contributed by atoms with Crippen LogP contribution in [0.15, 0.2) is 29.2 Å². The molecule has 0 fully saturated rings. The van der Waals surface area contributed by atoms with Crippen LogP contribution in [0, 0.1) is 0 Å². The Kier molecular flexibility index (Phi) is 4.27. The molecule has 3 heteroatoms. The first-order valence-corrected chi connectivity index (χ1v) is 6.74. The third kappa shape index (κ3) is 2.78. The maximum absolute atomic E-state index is 5.12. The van der Waals surface area contributed by atoms with Crippen LogP contribution in [0.25, 0.3) is 0 Å². The number of hydrogen-bond acceptors (Lipinski definition) is 3. The Morgan fingerprint density at radius 2 is 2.31 bits per heavy atom. The van der Waals surface area contributed by atoms with Crippen molar-refractivity contribution in [3.8, 4) is 0 Å². The van der Waals surface area contributed by atoms with E-state index in [0.29, 0.717) is 12.0 Å². The maximum Gasteiger partial charge on any atom is 0.0613 e. The van der Waals surface area contributed by atoms with Crippen LogP contribution >= 0.6 is 11.8 Å². The predicted octanol–water partition coefficient (Wildman–Crippen LogP) is 2.50. The van der Waals surface area contributed by atoms with Crippen molar-refractivity contribution in [2.24, 2.45) is 0 Å². The van der Waals surface area contributed by atoms with Crippen LogP contribution in [0.4, 0.5) is 0 Å². The van der Waals surface area contributed by atoms with Crippen LogP contribution in [-0.4, -0.2) is 32.1 Å². The van der Waals surface area contributed by atoms with Gasteiger partial charge in [0.15, 0.2) is 0 Å². The van der Waals surface area contributed by atoms with E-state index in [2.05, 4.69) is 36.5 Å². The Labute approximate surface area is 102 Å². The van der Waals surface area contributed by atoms with Gasteiger partial charge >= 0.3 is 0 Å². The number of benzene rings is 1. The second-order valence-electron chi connectivity index (χ2n) is 4.31. The lowest BCUT2D eigenvalue weighted by atomic mass is 10.0. The van der Waals surface area contributed by atoms with E-state index in [4.69, 9.17) is 4.74 Å². The van der Waals surface area contributed by atoms with Gasteiger partial charge in [-0.25, -0.2) is 0 Å². The number of nitrogens with one attached hydrogen (secondary N) is 1. The summed E-state index contributed by atoms with van der Waals surface area (Å²) in [6.07, 6.45) is 0. The van der Waals surface area contributed by atoms with Crippen molar-refractivity contribution in [2.45, 2.75) is 23.8 Å². The van der Waals surface area contributed by atoms with Crippen LogP contribution in [0.2, 0.25) is 0 Å². The zero-order chi connectivity index (χ0) is 11.4. The standard InChI is InChI=1S/C13H19NOS/c1-10(8-15-2)14-7-11-9-16-13-6-4-3-5-12(11)13/h3-6,10-11,14H,7-9H2,1-2H3. The Bertz CT molecular complexity index is 342. The molecule has 0 saturated heterocycles. The van der Waals surface area contributed by atoms with Gasteiger partial charge in [0.25, 0.3) is 0 Å². The molecule has 1 N–H and O–H groups in total. The van der Waals surface area contributed by atoms with Crippen LogP contribution in [0.1, 0.15) is 18.4 Å². The smallest absolute Gasteiger partial charge is 0.0613 e. The van der Waals surface area contributed by atoms with E-state index in [1.165, 1.54) is 16.2 Å². The minimum atomic E-state index is 0.433. The molecule has 0 radical (unpaired) electrons. The number of hydrogen-bond donors (Lipinski definition) is 1. The van der Waals surface area contributed by atoms with E-state index >= 15 is 0 Å². The van der Waals surface area contributed by atoms with Gasteiger partial charge in [0.1, 0.15) is 0 Å². The molecule has 0 aliphatic carbocycles. The molecule has 0 amide bonds. The predicted molar refractivity (Wildman–Crippen MR) is 69.2 cm³/mol. The lowest BCUT2D eigenvalue weighted by molar-refractivity contribution is 0.172. The lowest BCUT2D eigenvalue weighted by Crippen LogP contribution is -2.33. The molecule has 1 aliphatic rings. The van der Waals surface area contributed by atoms with Gasteiger partial charge in [0, 0.05) is 36.3 Å². The van der Waals surface area contributed by atoms with Crippen LogP contribution in [-0.2, 0) is 4.74 Å². The molecular weight excluding hydrogens is 218 g/mol. The summed E-state index contributed by atoms with van der Waals surface area (Å²) in [5.41, 5.74) is 1.50. The Morgan fingerprint density at radius 3 is 3.12 bits per heavy atom. The van der Waals surface area contributed by atoms with Crippen LogP contribution < -0.4 is 5.32 Å². The maximum atomic E-state index is 5.12. The van der Waals surface area contributed by atoms with Crippen molar-refractivity contribution in [2.75, 3.05) is 26.0 Å². The van der Waals surface area contributed by atoms with Gasteiger partial charge in [-0.3, -0.25) is 0 Å². The summed E-state index contributed by atoms with van der Waals surface area (Å²) in [4.78, 5) is 1.45. The van der Waals surface area contributed by atoms with Crippen LogP contribution in [0.3, 0.4) is 0 Å². The molecule has 16 heavy (non-hydrogen) atoms. The SMILES string of the molecule is COCC(C)NCC1CSc2ccccc21. The zero-order valence-corrected chi connectivity index (χ0v) is 10.7. The molecule has 2 atom stereocenters. The van der Waals surface area contributed by atoms with E-state index < -0.39 is 0 Å². The van der Waals surface area contributed by atoms with Gasteiger partial charge in [-0.1, -0.05) is 18.2 Å². The summed E-state index contributed by atoms with van der Waals surface area (Å²) < 4.78 is 5.12. The van der Waals surface area contributed by atoms with Gasteiger partial charge in [-0.15, -0.1) is 11.8 Å². The largest absolute Gasteiger partial charge is 0.383 e. The first-order chi connectivity index (χ1) is 7.81. The van der Waals surface area contributed by atoms with Crippen molar-refractivity contribution in [1.29, 1.82) is 0 Å². The molecule has 1 aromatic rings. The number of thioether (sulfide) groups is 1. The minimum Gasteiger partial charge on any atom is -0.383 e. The van der Waals surface area contributed by atoms with Gasteiger partial charge in [0.2, 0.25) is 0 Å². The van der Waals surface area contributed by atoms with E-state index in [1.807, 2.05) is 11.8 Å². The molecule has 0 saturated carbocycles. The van der Waals surface area contributed by atoms with Crippen molar-refractivity contribution >= 4 is 11.8 Å². The highest BCUT2D eigenvalue weighted by Gasteiger charge is 2.22. The highest BCUT2D eigenvalue weighted by atomic mass is 32.2. The highest BCUT2D eigenvalue weighted by Crippen LogP contribution is 2.38. The van der Waals surface area contributed by atoms with Crippen molar-refractivity contribution < 1.29 is 4.74 Å². The first kappa shape index (κ1) is 12.0. The molecule has 2 rings (SSSR count). The Morgan fingerprint density at radius 1 is 1.50 bits per heavy atom. The molecule has 1 aliphatic heterocycles. The van der Waals surface area contributed by atoms with E-state index in [0.717, 1.165) is 13.2 Å². The molecule has 88 valence electrons. The molecule has 2 nitrogen and oxygen atoms in total. The Hall–Kier alpha value is -0.510. The summed E-state index contributed by atoms with van der Waals surface area (Å²) in [7, 11) is 1.75. The fourth-order valence-corrected chi connectivity index (χ4v) is 3.30. The summed E-state index contributed by atoms with van der Waals surface area (Å²) in [6.45, 7) is 3.99. The molecule has 1 heterocycles. The summed E-state index contributed by atoms with van der Waals surface area (Å²) >= 11 is 1.97. The fraction of sp³-hybridized carbons (Fsp3) is 0.538. The van der Waals surface area contributed by atoms with Gasteiger partial charge < -0.3 is 10.1 Å². The Balaban J connectivity index is 1.88. The minimum absolute atomic E-state index is 0.433. The average Bonchev–Trinajstić information content (AvgIpc) is 2.70. The van der Waals surface area contributed by atoms with Gasteiger partial charge in [-0.2, -0.15) is 0 Å². The fourth-order valence-electron chi connectivity index (χ4n) is 2.05. The molecule has 0 spiro atoms. The summed E-state index contributed by atoms with van der Waals surface area (Å²) in [6, 6.07) is 9.16. The number of fused-ring (bicyclic) bond motifs is 1. The second kappa shape index (κ2) is 5.71. The second-order valence-corrected chi connectivity index (χ2v) is 5.37. The molecule has 0 bridgehead atoms. The monoisotopic (exact) mass is 237 g/mol. The first-order valence-electron chi connectivity index (χ1n) is 5.75. The quantitative estimate of drug-likeness (QED) is 0.850. The van der Waals surface area contributed by atoms with E-state index in [9.17, 15) is 0 Å². The summed E-state index contributed by atoms with van der Waals surface area (Å²) in [5, 5.41) is 3.53. The van der Waals surface area contributed by atoms with Crippen molar-refractivity contribution in [3.05, 3.63) is 29.8 Å². The molecular formula is C13H19NOS. The highest BCUT2D eigenvalue weighted by molar-refractivity contribution is 7.99. The van der Waals surface area contributed by atoms with Crippen LogP contribution in [0.5, 0.6) is 0 Å². The topological polar surface area (TPSA) is 21.3 Å². The third-order valence-corrected chi connectivity index (χ3v) is 4.18. The average molecular weight is 237 g/mol. The lowest BCUT2D eigenvalue weighted by Gasteiger charge is -2.16.